The molecule has 1 saturated heterocycles. The number of esters is 1. The number of nitrogens with zero attached hydrogens (tertiary/aromatic N) is 2. The summed E-state index contributed by atoms with van der Waals surface area (Å²) in [6, 6.07) is 9.54. The maximum absolute atomic E-state index is 13.4. The third-order valence-electron chi connectivity index (χ3n) is 6.04. The second-order valence-electron chi connectivity index (χ2n) is 10.5. The first-order chi connectivity index (χ1) is 15.4. The van der Waals surface area contributed by atoms with Crippen LogP contribution in [-0.2, 0) is 20.9 Å². The molecule has 2 heterocycles. The zero-order chi connectivity index (χ0) is 24.4. The molecule has 1 aliphatic rings. The first-order valence-electron chi connectivity index (χ1n) is 11.4. The monoisotopic (exact) mass is 518 g/mol. The zero-order valence-electron chi connectivity index (χ0n) is 20.5. The van der Waals surface area contributed by atoms with Crippen molar-refractivity contribution >= 4 is 27.6 Å². The number of piperidine rings is 1. The quantitative estimate of drug-likeness (QED) is 0.282. The van der Waals surface area contributed by atoms with E-state index in [0.717, 1.165) is 41.9 Å². The number of rotatable bonds is 6. The lowest BCUT2D eigenvalue weighted by Crippen LogP contribution is -2.42. The van der Waals surface area contributed by atoms with E-state index in [4.69, 9.17) is 9.47 Å². The summed E-state index contributed by atoms with van der Waals surface area (Å²) in [5.74, 6) is -0.506. The number of benzene rings is 1. The Hall–Kier alpha value is -2.12. The molecule has 1 fully saturated rings. The van der Waals surface area contributed by atoms with Crippen molar-refractivity contribution in [3.63, 3.8) is 0 Å². The van der Waals surface area contributed by atoms with Crippen LogP contribution < -0.4 is 9.63 Å². The molecule has 33 heavy (non-hydrogen) atoms. The number of ether oxygens (including phenoxy) is 2. The van der Waals surface area contributed by atoms with Gasteiger partial charge in [-0.05, 0) is 60.5 Å². The summed E-state index contributed by atoms with van der Waals surface area (Å²) < 4.78 is 13.4. The highest BCUT2D eigenvalue weighted by molar-refractivity contribution is 9.10. The standard InChI is InChI=1S/C26H35BrN2O4/c1-18-21(22(20(27)16-29(18)31)28-14-12-26(5,6)13-15-28)23(33-25(2,3)4)24(30)32-17-19-10-8-7-9-11-19/h7-11,16,23H,12-15,17H2,1-6H3. The average Bonchev–Trinajstić information content (AvgIpc) is 2.73. The van der Waals surface area contributed by atoms with Gasteiger partial charge in [0.25, 0.3) is 0 Å². The fraction of sp³-hybridized carbons (Fsp3) is 0.538. The van der Waals surface area contributed by atoms with Crippen LogP contribution in [0.2, 0.25) is 0 Å². The lowest BCUT2D eigenvalue weighted by atomic mass is 9.82. The molecular weight excluding hydrogens is 484 g/mol. The number of halogens is 1. The van der Waals surface area contributed by atoms with Gasteiger partial charge in [0.2, 0.25) is 0 Å². The molecule has 1 aliphatic heterocycles. The van der Waals surface area contributed by atoms with Crippen LogP contribution >= 0.6 is 15.9 Å². The van der Waals surface area contributed by atoms with Crippen molar-refractivity contribution in [1.82, 2.24) is 0 Å². The summed E-state index contributed by atoms with van der Waals surface area (Å²) in [4.78, 5) is 15.7. The lowest BCUT2D eigenvalue weighted by Gasteiger charge is -2.40. The van der Waals surface area contributed by atoms with Crippen LogP contribution in [0.1, 0.15) is 70.4 Å². The maximum Gasteiger partial charge on any atom is 0.340 e. The molecule has 0 N–H and O–H groups in total. The summed E-state index contributed by atoms with van der Waals surface area (Å²) in [6.45, 7) is 13.8. The molecule has 0 aliphatic carbocycles. The van der Waals surface area contributed by atoms with E-state index < -0.39 is 17.7 Å². The van der Waals surface area contributed by atoms with Gasteiger partial charge < -0.3 is 19.6 Å². The summed E-state index contributed by atoms with van der Waals surface area (Å²) in [6.07, 6.45) is 2.52. The highest BCUT2D eigenvalue weighted by Gasteiger charge is 2.38. The summed E-state index contributed by atoms with van der Waals surface area (Å²) >= 11 is 3.60. The molecule has 0 spiro atoms. The summed E-state index contributed by atoms with van der Waals surface area (Å²) in [5.41, 5.74) is 2.36. The maximum atomic E-state index is 13.4. The van der Waals surface area contributed by atoms with E-state index in [9.17, 15) is 10.0 Å². The molecule has 6 nitrogen and oxygen atoms in total. The lowest BCUT2D eigenvalue weighted by molar-refractivity contribution is -0.613. The van der Waals surface area contributed by atoms with Gasteiger partial charge in [-0.2, -0.15) is 4.73 Å². The number of carbonyl (C=O) groups is 1. The van der Waals surface area contributed by atoms with Gasteiger partial charge in [0.15, 0.2) is 18.0 Å². The molecule has 0 radical (unpaired) electrons. The molecule has 0 amide bonds. The van der Waals surface area contributed by atoms with E-state index in [2.05, 4.69) is 34.7 Å². The Balaban J connectivity index is 2.02. The van der Waals surface area contributed by atoms with Gasteiger partial charge >= 0.3 is 5.97 Å². The van der Waals surface area contributed by atoms with E-state index >= 15 is 0 Å². The largest absolute Gasteiger partial charge is 0.618 e. The van der Waals surface area contributed by atoms with E-state index in [1.807, 2.05) is 51.1 Å². The van der Waals surface area contributed by atoms with Gasteiger partial charge in [-0.1, -0.05) is 44.2 Å². The number of aromatic nitrogens is 1. The molecule has 0 bridgehead atoms. The Labute approximate surface area is 205 Å². The fourth-order valence-electron chi connectivity index (χ4n) is 4.03. The van der Waals surface area contributed by atoms with Crippen molar-refractivity contribution in [3.05, 3.63) is 63.0 Å². The highest BCUT2D eigenvalue weighted by Crippen LogP contribution is 2.41. The second kappa shape index (κ2) is 10.0. The molecular formula is C26H35BrN2O4. The predicted octanol–water partition coefficient (Wildman–Crippen LogP) is 5.62. The minimum atomic E-state index is -1.03. The molecule has 3 rings (SSSR count). The number of anilines is 1. The van der Waals surface area contributed by atoms with Gasteiger partial charge in [-0.3, -0.25) is 0 Å². The Bertz CT molecular complexity index is 976. The predicted molar refractivity (Wildman–Crippen MR) is 133 cm³/mol. The third kappa shape index (κ3) is 6.48. The van der Waals surface area contributed by atoms with Crippen LogP contribution in [-0.4, -0.2) is 24.7 Å². The van der Waals surface area contributed by atoms with E-state index in [1.54, 1.807) is 6.92 Å². The first kappa shape index (κ1) is 25.5. The smallest absolute Gasteiger partial charge is 0.340 e. The van der Waals surface area contributed by atoms with Crippen molar-refractivity contribution in [1.29, 1.82) is 0 Å². The van der Waals surface area contributed by atoms with Crippen LogP contribution in [0.4, 0.5) is 5.69 Å². The van der Waals surface area contributed by atoms with Crippen molar-refractivity contribution in [2.75, 3.05) is 18.0 Å². The van der Waals surface area contributed by atoms with Gasteiger partial charge in [0.05, 0.1) is 16.9 Å². The minimum Gasteiger partial charge on any atom is -0.618 e. The fourth-order valence-corrected chi connectivity index (χ4v) is 4.68. The minimum absolute atomic E-state index is 0.140. The number of hydrogen-bond donors (Lipinski definition) is 0. The van der Waals surface area contributed by atoms with Crippen molar-refractivity contribution < 1.29 is 19.0 Å². The molecule has 2 aromatic rings. The van der Waals surface area contributed by atoms with Crippen LogP contribution in [0.3, 0.4) is 0 Å². The number of carbonyl (C=O) groups excluding carboxylic acids is 1. The number of hydrogen-bond acceptors (Lipinski definition) is 5. The molecule has 1 atom stereocenters. The molecule has 7 heteroatoms. The van der Waals surface area contributed by atoms with Crippen LogP contribution in [0.5, 0.6) is 0 Å². The van der Waals surface area contributed by atoms with Crippen molar-refractivity contribution in [2.24, 2.45) is 5.41 Å². The van der Waals surface area contributed by atoms with Gasteiger partial charge in [-0.15, -0.1) is 0 Å². The van der Waals surface area contributed by atoms with Gasteiger partial charge in [0.1, 0.15) is 11.1 Å². The number of pyridine rings is 1. The Morgan fingerprint density at radius 1 is 1.21 bits per heavy atom. The highest BCUT2D eigenvalue weighted by atomic mass is 79.9. The molecule has 1 aromatic carbocycles. The first-order valence-corrected chi connectivity index (χ1v) is 12.2. The van der Waals surface area contributed by atoms with Crippen molar-refractivity contribution in [2.45, 2.75) is 72.7 Å². The molecule has 0 saturated carbocycles. The van der Waals surface area contributed by atoms with Crippen LogP contribution in [0.15, 0.2) is 41.0 Å². The third-order valence-corrected chi connectivity index (χ3v) is 6.62. The Morgan fingerprint density at radius 3 is 2.39 bits per heavy atom. The summed E-state index contributed by atoms with van der Waals surface area (Å²) in [5, 5.41) is 12.7. The van der Waals surface area contributed by atoms with E-state index in [0.29, 0.717) is 15.7 Å². The summed E-state index contributed by atoms with van der Waals surface area (Å²) in [7, 11) is 0. The topological polar surface area (TPSA) is 65.7 Å². The average molecular weight is 519 g/mol. The van der Waals surface area contributed by atoms with Gasteiger partial charge in [-0.25, -0.2) is 4.79 Å². The Morgan fingerprint density at radius 2 is 1.82 bits per heavy atom. The van der Waals surface area contributed by atoms with Gasteiger partial charge in [0, 0.05) is 20.0 Å². The van der Waals surface area contributed by atoms with E-state index in [1.165, 1.54) is 6.20 Å². The molecule has 1 aromatic heterocycles. The second-order valence-corrected chi connectivity index (χ2v) is 11.4. The van der Waals surface area contributed by atoms with Crippen molar-refractivity contribution in [3.8, 4) is 0 Å². The SMILES string of the molecule is Cc1c(C(OC(C)(C)C)C(=O)OCc2ccccc2)c(N2CCC(C)(C)CC2)c(Br)c[n+]1[O-]. The zero-order valence-corrected chi connectivity index (χ0v) is 22.1. The Kier molecular flexibility index (Phi) is 7.74. The van der Waals surface area contributed by atoms with Crippen LogP contribution in [0, 0.1) is 17.5 Å². The molecule has 1 unspecified atom stereocenters. The van der Waals surface area contributed by atoms with Crippen LogP contribution in [0.25, 0.3) is 0 Å². The normalized spacial score (nSPS) is 17.0. The van der Waals surface area contributed by atoms with E-state index in [-0.39, 0.29) is 12.0 Å². The molecule has 180 valence electrons.